The normalized spacial score (nSPS) is 12.2. The zero-order chi connectivity index (χ0) is 13.5. The highest BCUT2D eigenvalue weighted by molar-refractivity contribution is 5.81. The molecule has 0 saturated carbocycles. The molecule has 1 aromatic rings. The van der Waals surface area contributed by atoms with Gasteiger partial charge in [0.15, 0.2) is 0 Å². The standard InChI is InChI=1S/C15H24N2O/c1-5-8-16-15(18)13(4)17-10-14-7-6-11(2)9-12(14)3/h6-7,9,13,17H,5,8,10H2,1-4H3,(H,16,18). The maximum Gasteiger partial charge on any atom is 0.236 e. The third-order valence-corrected chi connectivity index (χ3v) is 3.04. The lowest BCUT2D eigenvalue weighted by Gasteiger charge is -2.15. The van der Waals surface area contributed by atoms with E-state index in [2.05, 4.69) is 42.7 Å². The first kappa shape index (κ1) is 14.7. The Bertz CT molecular complexity index is 401. The maximum atomic E-state index is 11.7. The number of benzene rings is 1. The zero-order valence-electron chi connectivity index (χ0n) is 11.8. The minimum atomic E-state index is -0.155. The van der Waals surface area contributed by atoms with Crippen molar-refractivity contribution < 1.29 is 4.79 Å². The summed E-state index contributed by atoms with van der Waals surface area (Å²) in [5.74, 6) is 0.0709. The Morgan fingerprint density at radius 3 is 2.67 bits per heavy atom. The van der Waals surface area contributed by atoms with Gasteiger partial charge in [0, 0.05) is 13.1 Å². The molecule has 1 atom stereocenters. The van der Waals surface area contributed by atoms with Gasteiger partial charge >= 0.3 is 0 Å². The average molecular weight is 248 g/mol. The molecular weight excluding hydrogens is 224 g/mol. The molecular formula is C15H24N2O. The van der Waals surface area contributed by atoms with Crippen LogP contribution in [0.4, 0.5) is 0 Å². The molecule has 1 rings (SSSR count). The van der Waals surface area contributed by atoms with Crippen LogP contribution in [0.1, 0.15) is 37.0 Å². The summed E-state index contributed by atoms with van der Waals surface area (Å²) in [6, 6.07) is 6.23. The van der Waals surface area contributed by atoms with E-state index in [1.54, 1.807) is 0 Å². The van der Waals surface area contributed by atoms with E-state index in [9.17, 15) is 4.79 Å². The molecule has 100 valence electrons. The predicted octanol–water partition coefficient (Wildman–Crippen LogP) is 2.31. The van der Waals surface area contributed by atoms with Gasteiger partial charge in [0.25, 0.3) is 0 Å². The lowest BCUT2D eigenvalue weighted by atomic mass is 10.1. The van der Waals surface area contributed by atoms with Gasteiger partial charge in [-0.25, -0.2) is 0 Å². The maximum absolute atomic E-state index is 11.7. The van der Waals surface area contributed by atoms with Crippen molar-refractivity contribution in [3.05, 3.63) is 34.9 Å². The summed E-state index contributed by atoms with van der Waals surface area (Å²) in [5.41, 5.74) is 3.78. The molecule has 0 spiro atoms. The van der Waals surface area contributed by atoms with Crippen molar-refractivity contribution >= 4 is 5.91 Å². The Labute approximate surface area is 110 Å². The molecule has 3 heteroatoms. The third-order valence-electron chi connectivity index (χ3n) is 3.04. The van der Waals surface area contributed by atoms with Gasteiger partial charge in [-0.3, -0.25) is 4.79 Å². The molecule has 0 aliphatic carbocycles. The first-order valence-electron chi connectivity index (χ1n) is 6.61. The van der Waals surface area contributed by atoms with Gasteiger partial charge < -0.3 is 10.6 Å². The Morgan fingerprint density at radius 1 is 1.33 bits per heavy atom. The lowest BCUT2D eigenvalue weighted by Crippen LogP contribution is -2.42. The van der Waals surface area contributed by atoms with Crippen LogP contribution in [-0.2, 0) is 11.3 Å². The Morgan fingerprint density at radius 2 is 2.06 bits per heavy atom. The Hall–Kier alpha value is -1.35. The lowest BCUT2D eigenvalue weighted by molar-refractivity contribution is -0.122. The molecule has 0 fully saturated rings. The van der Waals surface area contributed by atoms with Gasteiger partial charge in [0.1, 0.15) is 0 Å². The highest BCUT2D eigenvalue weighted by Gasteiger charge is 2.11. The van der Waals surface area contributed by atoms with Crippen molar-refractivity contribution in [1.29, 1.82) is 0 Å². The van der Waals surface area contributed by atoms with Crippen molar-refractivity contribution in [2.45, 2.75) is 46.7 Å². The molecule has 2 N–H and O–H groups in total. The molecule has 0 heterocycles. The summed E-state index contributed by atoms with van der Waals surface area (Å²) in [6.07, 6.45) is 0.968. The van der Waals surface area contributed by atoms with Crippen LogP contribution < -0.4 is 10.6 Å². The molecule has 0 radical (unpaired) electrons. The summed E-state index contributed by atoms with van der Waals surface area (Å²) in [4.78, 5) is 11.7. The smallest absolute Gasteiger partial charge is 0.236 e. The van der Waals surface area contributed by atoms with Gasteiger partial charge in [-0.1, -0.05) is 30.7 Å². The van der Waals surface area contributed by atoms with E-state index in [-0.39, 0.29) is 11.9 Å². The number of rotatable bonds is 6. The second-order valence-electron chi connectivity index (χ2n) is 4.82. The molecule has 1 unspecified atom stereocenters. The van der Waals surface area contributed by atoms with Crippen LogP contribution >= 0.6 is 0 Å². The van der Waals surface area contributed by atoms with Crippen molar-refractivity contribution in [3.8, 4) is 0 Å². The van der Waals surface area contributed by atoms with Crippen molar-refractivity contribution in [3.63, 3.8) is 0 Å². The predicted molar refractivity (Wildman–Crippen MR) is 75.5 cm³/mol. The van der Waals surface area contributed by atoms with E-state index in [0.717, 1.165) is 19.5 Å². The Kier molecular flexibility index (Phi) is 5.86. The number of carbonyl (C=O) groups excluding carboxylic acids is 1. The Balaban J connectivity index is 2.46. The second-order valence-corrected chi connectivity index (χ2v) is 4.82. The number of hydrogen-bond acceptors (Lipinski definition) is 2. The minimum absolute atomic E-state index is 0.0709. The largest absolute Gasteiger partial charge is 0.355 e. The highest BCUT2D eigenvalue weighted by Crippen LogP contribution is 2.10. The summed E-state index contributed by atoms with van der Waals surface area (Å²) in [6.45, 7) is 9.61. The van der Waals surface area contributed by atoms with Crippen molar-refractivity contribution in [1.82, 2.24) is 10.6 Å². The average Bonchev–Trinajstić information content (AvgIpc) is 2.34. The van der Waals surface area contributed by atoms with Crippen LogP contribution in [0.3, 0.4) is 0 Å². The SMILES string of the molecule is CCCNC(=O)C(C)NCc1ccc(C)cc1C. The topological polar surface area (TPSA) is 41.1 Å². The van der Waals surface area contributed by atoms with Crippen LogP contribution in [0, 0.1) is 13.8 Å². The highest BCUT2D eigenvalue weighted by atomic mass is 16.2. The number of nitrogens with one attached hydrogen (secondary N) is 2. The molecule has 0 bridgehead atoms. The fraction of sp³-hybridized carbons (Fsp3) is 0.533. The van der Waals surface area contributed by atoms with E-state index >= 15 is 0 Å². The van der Waals surface area contributed by atoms with Gasteiger partial charge in [-0.05, 0) is 38.3 Å². The molecule has 0 aliphatic rings. The van der Waals surface area contributed by atoms with Gasteiger partial charge in [0.05, 0.1) is 6.04 Å². The summed E-state index contributed by atoms with van der Waals surface area (Å²) < 4.78 is 0. The molecule has 1 amide bonds. The van der Waals surface area contributed by atoms with Crippen LogP contribution in [0.2, 0.25) is 0 Å². The third kappa shape index (κ3) is 4.49. The van der Waals surface area contributed by atoms with Crippen molar-refractivity contribution in [2.24, 2.45) is 0 Å². The molecule has 1 aromatic carbocycles. The number of carbonyl (C=O) groups is 1. The molecule has 0 aliphatic heterocycles. The van der Waals surface area contributed by atoms with Gasteiger partial charge in [-0.15, -0.1) is 0 Å². The minimum Gasteiger partial charge on any atom is -0.355 e. The summed E-state index contributed by atoms with van der Waals surface area (Å²) >= 11 is 0. The van der Waals surface area contributed by atoms with E-state index in [1.807, 2.05) is 13.8 Å². The molecule has 3 nitrogen and oxygen atoms in total. The van der Waals surface area contributed by atoms with Crippen molar-refractivity contribution in [2.75, 3.05) is 6.54 Å². The van der Waals surface area contributed by atoms with Gasteiger partial charge in [0.2, 0.25) is 5.91 Å². The van der Waals surface area contributed by atoms with E-state index < -0.39 is 0 Å². The molecule has 0 aromatic heterocycles. The second kappa shape index (κ2) is 7.17. The molecule has 18 heavy (non-hydrogen) atoms. The fourth-order valence-electron chi connectivity index (χ4n) is 1.80. The van der Waals surface area contributed by atoms with Crippen LogP contribution in [0.25, 0.3) is 0 Å². The molecule has 0 saturated heterocycles. The fourth-order valence-corrected chi connectivity index (χ4v) is 1.80. The van der Waals surface area contributed by atoms with E-state index in [4.69, 9.17) is 0 Å². The first-order chi connectivity index (χ1) is 8.54. The zero-order valence-corrected chi connectivity index (χ0v) is 11.8. The van der Waals surface area contributed by atoms with Crippen LogP contribution in [0.5, 0.6) is 0 Å². The number of hydrogen-bond donors (Lipinski definition) is 2. The monoisotopic (exact) mass is 248 g/mol. The summed E-state index contributed by atoms with van der Waals surface area (Å²) in [7, 11) is 0. The van der Waals surface area contributed by atoms with Crippen LogP contribution in [0.15, 0.2) is 18.2 Å². The first-order valence-corrected chi connectivity index (χ1v) is 6.61. The van der Waals surface area contributed by atoms with E-state index in [0.29, 0.717) is 0 Å². The number of aryl methyl sites for hydroxylation is 2. The summed E-state index contributed by atoms with van der Waals surface area (Å²) in [5, 5.41) is 6.15. The number of amides is 1. The quantitative estimate of drug-likeness (QED) is 0.811. The van der Waals surface area contributed by atoms with E-state index in [1.165, 1.54) is 16.7 Å². The van der Waals surface area contributed by atoms with Crippen LogP contribution in [-0.4, -0.2) is 18.5 Å². The van der Waals surface area contributed by atoms with Gasteiger partial charge in [-0.2, -0.15) is 0 Å².